The first-order valence-corrected chi connectivity index (χ1v) is 10.3. The molecule has 0 heterocycles. The van der Waals surface area contributed by atoms with Gasteiger partial charge in [0, 0.05) is 21.4 Å². The van der Waals surface area contributed by atoms with E-state index in [1.165, 1.54) is 12.3 Å². The number of hydrazone groups is 1. The number of carbonyl (C=O) groups excluding carboxylic acids is 3. The molecule has 0 unspecified atom stereocenters. The molecule has 0 aliphatic heterocycles. The Hall–Kier alpha value is -3.88. The fourth-order valence-corrected chi connectivity index (χ4v) is 2.91. The van der Waals surface area contributed by atoms with Gasteiger partial charge in [0.05, 0.1) is 6.21 Å². The first-order valence-electron chi connectivity index (χ1n) is 9.57. The quantitative estimate of drug-likeness (QED) is 0.266. The Balaban J connectivity index is 1.43. The van der Waals surface area contributed by atoms with Crippen LogP contribution < -0.4 is 20.8 Å². The molecule has 3 rings (SSSR count). The van der Waals surface area contributed by atoms with Crippen LogP contribution in [0.15, 0.2) is 77.9 Å². The molecule has 3 aromatic carbocycles. The zero-order valence-electron chi connectivity index (χ0n) is 17.0. The molecule has 0 bridgehead atoms. The molecule has 3 amide bonds. The van der Waals surface area contributed by atoms with E-state index in [-0.39, 0.29) is 12.5 Å². The maximum atomic E-state index is 12.0. The van der Waals surface area contributed by atoms with Crippen molar-refractivity contribution in [2.24, 2.45) is 5.10 Å². The Kier molecular flexibility index (Phi) is 8.40. The number of ether oxygens (including phenoxy) is 1. The highest BCUT2D eigenvalue weighted by Gasteiger charge is 2.12. The summed E-state index contributed by atoms with van der Waals surface area (Å²) >= 11 is 11.7. The van der Waals surface area contributed by atoms with E-state index >= 15 is 0 Å². The van der Waals surface area contributed by atoms with Gasteiger partial charge in [-0.25, -0.2) is 5.43 Å². The number of carbonyl (C=O) groups is 3. The summed E-state index contributed by atoms with van der Waals surface area (Å²) < 4.78 is 5.44. The fraction of sp³-hybridized carbons (Fsp3) is 0.0435. The van der Waals surface area contributed by atoms with Crippen molar-refractivity contribution < 1.29 is 19.1 Å². The predicted molar refractivity (Wildman–Crippen MR) is 128 cm³/mol. The normalized spacial score (nSPS) is 10.5. The summed E-state index contributed by atoms with van der Waals surface area (Å²) in [7, 11) is 0. The largest absolute Gasteiger partial charge is 0.484 e. The maximum absolute atomic E-state index is 12.0. The number of halogens is 2. The van der Waals surface area contributed by atoms with Crippen LogP contribution in [0.1, 0.15) is 5.56 Å². The van der Waals surface area contributed by atoms with E-state index < -0.39 is 11.8 Å². The first-order chi connectivity index (χ1) is 15.9. The second kappa shape index (κ2) is 11.7. The van der Waals surface area contributed by atoms with E-state index in [4.69, 9.17) is 27.9 Å². The van der Waals surface area contributed by atoms with Crippen LogP contribution in [-0.2, 0) is 14.4 Å². The minimum atomic E-state index is -0.933. The average molecular weight is 485 g/mol. The van der Waals surface area contributed by atoms with E-state index in [0.29, 0.717) is 32.7 Å². The number of nitrogens with one attached hydrogen (secondary N) is 3. The average Bonchev–Trinajstić information content (AvgIpc) is 2.78. The number of hydrogen-bond donors (Lipinski definition) is 3. The van der Waals surface area contributed by atoms with Crippen molar-refractivity contribution in [2.45, 2.75) is 0 Å². The standard InChI is InChI=1S/C23H18Cl2N4O4/c24-16-3-1-5-18(11-16)27-21(30)14-33-20-9-7-15(8-10-20)13-26-29-23(32)22(31)28-19-6-2-4-17(25)12-19/h1-13H,14H2,(H,27,30)(H,28,31)(H,29,32)/b26-13-. The summed E-state index contributed by atoms with van der Waals surface area (Å²) in [6.45, 7) is -0.183. The van der Waals surface area contributed by atoms with Gasteiger partial charge in [-0.05, 0) is 66.2 Å². The summed E-state index contributed by atoms with van der Waals surface area (Å²) in [6, 6.07) is 19.8. The Morgan fingerprint density at radius 3 is 2.03 bits per heavy atom. The van der Waals surface area contributed by atoms with Crippen molar-refractivity contribution in [3.63, 3.8) is 0 Å². The van der Waals surface area contributed by atoms with E-state index in [2.05, 4.69) is 21.2 Å². The van der Waals surface area contributed by atoms with Crippen LogP contribution in [-0.4, -0.2) is 30.5 Å². The Morgan fingerprint density at radius 1 is 0.818 bits per heavy atom. The third kappa shape index (κ3) is 7.95. The molecule has 8 nitrogen and oxygen atoms in total. The summed E-state index contributed by atoms with van der Waals surface area (Å²) in [6.07, 6.45) is 1.36. The maximum Gasteiger partial charge on any atom is 0.329 e. The van der Waals surface area contributed by atoms with E-state index in [0.717, 1.165) is 0 Å². The Labute approximate surface area is 199 Å². The van der Waals surface area contributed by atoms with E-state index in [1.54, 1.807) is 66.7 Å². The third-order valence-electron chi connectivity index (χ3n) is 4.03. The van der Waals surface area contributed by atoms with Gasteiger partial charge in [-0.3, -0.25) is 14.4 Å². The molecule has 168 valence electrons. The summed E-state index contributed by atoms with van der Waals surface area (Å²) in [4.78, 5) is 35.7. The molecule has 3 N–H and O–H groups in total. The molecule has 0 spiro atoms. The van der Waals surface area contributed by atoms with Gasteiger partial charge in [0.1, 0.15) is 5.75 Å². The number of hydrogen-bond acceptors (Lipinski definition) is 5. The lowest BCUT2D eigenvalue weighted by Gasteiger charge is -2.08. The molecule has 0 saturated heterocycles. The number of amides is 3. The summed E-state index contributed by atoms with van der Waals surface area (Å²) in [5.41, 5.74) is 3.75. The highest BCUT2D eigenvalue weighted by molar-refractivity contribution is 6.39. The second-order valence-electron chi connectivity index (χ2n) is 6.58. The molecule has 0 fully saturated rings. The molecule has 0 atom stereocenters. The molecule has 0 aliphatic rings. The second-order valence-corrected chi connectivity index (χ2v) is 7.45. The van der Waals surface area contributed by atoms with Gasteiger partial charge in [0.15, 0.2) is 6.61 Å². The zero-order chi connectivity index (χ0) is 23.6. The number of nitrogens with zero attached hydrogens (tertiary/aromatic N) is 1. The van der Waals surface area contributed by atoms with Crippen LogP contribution in [0.3, 0.4) is 0 Å². The van der Waals surface area contributed by atoms with Crippen LogP contribution >= 0.6 is 23.2 Å². The monoisotopic (exact) mass is 484 g/mol. The molecule has 0 radical (unpaired) electrons. The van der Waals surface area contributed by atoms with Crippen LogP contribution in [0.5, 0.6) is 5.75 Å². The molecular formula is C23H18Cl2N4O4. The lowest BCUT2D eigenvalue weighted by molar-refractivity contribution is -0.136. The molecule has 10 heteroatoms. The van der Waals surface area contributed by atoms with Gasteiger partial charge in [0.25, 0.3) is 5.91 Å². The van der Waals surface area contributed by atoms with Gasteiger partial charge in [-0.15, -0.1) is 0 Å². The van der Waals surface area contributed by atoms with Crippen molar-refractivity contribution in [1.82, 2.24) is 5.43 Å². The third-order valence-corrected chi connectivity index (χ3v) is 4.50. The van der Waals surface area contributed by atoms with Crippen LogP contribution in [0.4, 0.5) is 11.4 Å². The van der Waals surface area contributed by atoms with Crippen molar-refractivity contribution in [2.75, 3.05) is 17.2 Å². The molecular weight excluding hydrogens is 467 g/mol. The van der Waals surface area contributed by atoms with Crippen LogP contribution in [0.2, 0.25) is 10.0 Å². The van der Waals surface area contributed by atoms with Crippen LogP contribution in [0, 0.1) is 0 Å². The minimum Gasteiger partial charge on any atom is -0.484 e. The molecule has 3 aromatic rings. The topological polar surface area (TPSA) is 109 Å². The highest BCUT2D eigenvalue weighted by atomic mass is 35.5. The van der Waals surface area contributed by atoms with Crippen molar-refractivity contribution in [1.29, 1.82) is 0 Å². The number of rotatable bonds is 7. The van der Waals surface area contributed by atoms with E-state index in [1.807, 2.05) is 0 Å². The predicted octanol–water partition coefficient (Wildman–Crippen LogP) is 4.10. The Bertz CT molecular complexity index is 1180. The van der Waals surface area contributed by atoms with Crippen molar-refractivity contribution in [3.8, 4) is 5.75 Å². The first kappa shape index (κ1) is 23.8. The smallest absolute Gasteiger partial charge is 0.329 e. The van der Waals surface area contributed by atoms with E-state index in [9.17, 15) is 14.4 Å². The summed E-state index contributed by atoms with van der Waals surface area (Å²) in [5, 5.41) is 9.80. The van der Waals surface area contributed by atoms with Crippen molar-refractivity contribution in [3.05, 3.63) is 88.4 Å². The Morgan fingerprint density at radius 2 is 1.42 bits per heavy atom. The zero-order valence-corrected chi connectivity index (χ0v) is 18.6. The van der Waals surface area contributed by atoms with Gasteiger partial charge >= 0.3 is 11.8 Å². The lowest BCUT2D eigenvalue weighted by Crippen LogP contribution is -2.32. The minimum absolute atomic E-state index is 0.183. The highest BCUT2D eigenvalue weighted by Crippen LogP contribution is 2.16. The number of anilines is 2. The van der Waals surface area contributed by atoms with Gasteiger partial charge < -0.3 is 15.4 Å². The molecule has 0 saturated carbocycles. The molecule has 33 heavy (non-hydrogen) atoms. The van der Waals surface area contributed by atoms with Gasteiger partial charge in [-0.2, -0.15) is 5.10 Å². The summed E-state index contributed by atoms with van der Waals surface area (Å²) in [5.74, 6) is -1.67. The fourth-order valence-electron chi connectivity index (χ4n) is 2.53. The SMILES string of the molecule is O=C(COc1ccc(/C=N\NC(=O)C(=O)Nc2cccc(Cl)c2)cc1)Nc1cccc(Cl)c1. The number of benzene rings is 3. The molecule has 0 aromatic heterocycles. The molecule has 0 aliphatic carbocycles. The van der Waals surface area contributed by atoms with Crippen molar-refractivity contribution >= 4 is 58.5 Å². The van der Waals surface area contributed by atoms with Gasteiger partial charge in [0.2, 0.25) is 0 Å². The van der Waals surface area contributed by atoms with Gasteiger partial charge in [-0.1, -0.05) is 35.3 Å². The van der Waals surface area contributed by atoms with Crippen LogP contribution in [0.25, 0.3) is 0 Å². The lowest BCUT2D eigenvalue weighted by atomic mass is 10.2.